The first-order valence-corrected chi connectivity index (χ1v) is 4.02. The lowest BCUT2D eigenvalue weighted by molar-refractivity contribution is 0.232. The van der Waals surface area contributed by atoms with Gasteiger partial charge in [-0.2, -0.15) is 0 Å². The Morgan fingerprint density at radius 3 is 1.78 bits per heavy atom. The third kappa shape index (κ3) is 1.70. The Balaban J connectivity index is 2.40. The van der Waals surface area contributed by atoms with Crippen molar-refractivity contribution >= 4 is 0 Å². The molecule has 1 rings (SSSR count). The van der Waals surface area contributed by atoms with Gasteiger partial charge in [-0.3, -0.25) is 0 Å². The molecule has 1 saturated carbocycles. The van der Waals surface area contributed by atoms with Crippen molar-refractivity contribution < 1.29 is 0 Å². The molecule has 0 aromatic carbocycles. The molecule has 1 aliphatic carbocycles. The van der Waals surface area contributed by atoms with Crippen LogP contribution >= 0.6 is 0 Å². The van der Waals surface area contributed by atoms with Crippen LogP contribution < -0.4 is 0 Å². The summed E-state index contributed by atoms with van der Waals surface area (Å²) in [7, 11) is 0. The SMILES string of the molecule is CC(C1CC1)C(C)(C)C. The van der Waals surface area contributed by atoms with E-state index >= 15 is 0 Å². The van der Waals surface area contributed by atoms with Gasteiger partial charge in [0.2, 0.25) is 0 Å². The van der Waals surface area contributed by atoms with Crippen LogP contribution in [-0.2, 0) is 0 Å². The van der Waals surface area contributed by atoms with Crippen LogP contribution in [0.3, 0.4) is 0 Å². The van der Waals surface area contributed by atoms with Gasteiger partial charge in [0.15, 0.2) is 0 Å². The van der Waals surface area contributed by atoms with E-state index in [0.29, 0.717) is 5.41 Å². The van der Waals surface area contributed by atoms with Crippen LogP contribution in [0.25, 0.3) is 0 Å². The van der Waals surface area contributed by atoms with Gasteiger partial charge in [0, 0.05) is 0 Å². The highest BCUT2D eigenvalue weighted by Crippen LogP contribution is 2.44. The molecule has 0 aromatic heterocycles. The predicted molar refractivity (Wildman–Crippen MR) is 41.3 cm³/mol. The molecule has 1 aliphatic rings. The van der Waals surface area contributed by atoms with Crippen LogP contribution in [-0.4, -0.2) is 0 Å². The van der Waals surface area contributed by atoms with E-state index in [2.05, 4.69) is 27.7 Å². The van der Waals surface area contributed by atoms with E-state index in [4.69, 9.17) is 0 Å². The van der Waals surface area contributed by atoms with E-state index in [1.807, 2.05) is 0 Å². The second-order valence-electron chi connectivity index (χ2n) is 4.49. The highest BCUT2D eigenvalue weighted by molar-refractivity contribution is 4.85. The van der Waals surface area contributed by atoms with Gasteiger partial charge in [-0.1, -0.05) is 27.7 Å². The Morgan fingerprint density at radius 1 is 1.22 bits per heavy atom. The van der Waals surface area contributed by atoms with Crippen LogP contribution in [0.5, 0.6) is 0 Å². The minimum absolute atomic E-state index is 0.543. The van der Waals surface area contributed by atoms with Crippen molar-refractivity contribution in [2.24, 2.45) is 17.3 Å². The second kappa shape index (κ2) is 2.00. The summed E-state index contributed by atoms with van der Waals surface area (Å²) < 4.78 is 0. The molecule has 0 heteroatoms. The lowest BCUT2D eigenvalue weighted by Crippen LogP contribution is -2.18. The summed E-state index contributed by atoms with van der Waals surface area (Å²) in [6.45, 7) is 9.42. The lowest BCUT2D eigenvalue weighted by Gasteiger charge is -2.26. The van der Waals surface area contributed by atoms with Crippen LogP contribution in [0, 0.1) is 17.3 Å². The van der Waals surface area contributed by atoms with Gasteiger partial charge in [-0.15, -0.1) is 0 Å². The predicted octanol–water partition coefficient (Wildman–Crippen LogP) is 3.08. The largest absolute Gasteiger partial charge is 0.0617 e. The van der Waals surface area contributed by atoms with Crippen molar-refractivity contribution in [1.82, 2.24) is 0 Å². The van der Waals surface area contributed by atoms with Crippen molar-refractivity contribution in [2.45, 2.75) is 40.5 Å². The topological polar surface area (TPSA) is 0 Å². The van der Waals surface area contributed by atoms with Gasteiger partial charge in [0.1, 0.15) is 0 Å². The summed E-state index contributed by atoms with van der Waals surface area (Å²) in [5.74, 6) is 1.99. The molecule has 0 bridgehead atoms. The Morgan fingerprint density at radius 2 is 1.67 bits per heavy atom. The van der Waals surface area contributed by atoms with Crippen molar-refractivity contribution in [3.8, 4) is 0 Å². The van der Waals surface area contributed by atoms with E-state index in [1.165, 1.54) is 12.8 Å². The van der Waals surface area contributed by atoms with Crippen molar-refractivity contribution in [3.05, 3.63) is 0 Å². The Kier molecular flexibility index (Phi) is 1.58. The van der Waals surface area contributed by atoms with Crippen molar-refractivity contribution in [2.75, 3.05) is 0 Å². The van der Waals surface area contributed by atoms with E-state index in [-0.39, 0.29) is 0 Å². The third-order valence-electron chi connectivity index (χ3n) is 2.70. The van der Waals surface area contributed by atoms with Crippen molar-refractivity contribution in [1.29, 1.82) is 0 Å². The Bertz CT molecular complexity index is 93.1. The first-order chi connectivity index (χ1) is 4.02. The highest BCUT2D eigenvalue weighted by atomic mass is 14.4. The molecule has 1 fully saturated rings. The van der Waals surface area contributed by atoms with Gasteiger partial charge < -0.3 is 0 Å². The fourth-order valence-electron chi connectivity index (χ4n) is 1.30. The molecule has 0 aromatic rings. The first-order valence-electron chi connectivity index (χ1n) is 4.02. The fourth-order valence-corrected chi connectivity index (χ4v) is 1.30. The first kappa shape index (κ1) is 7.11. The molecule has 54 valence electrons. The molecule has 1 unspecified atom stereocenters. The zero-order valence-corrected chi connectivity index (χ0v) is 7.07. The van der Waals surface area contributed by atoms with E-state index < -0.39 is 0 Å². The highest BCUT2D eigenvalue weighted by Gasteiger charge is 2.34. The maximum Gasteiger partial charge on any atom is -0.0354 e. The summed E-state index contributed by atoms with van der Waals surface area (Å²) in [5, 5.41) is 0. The van der Waals surface area contributed by atoms with Gasteiger partial charge in [0.25, 0.3) is 0 Å². The van der Waals surface area contributed by atoms with E-state index in [1.54, 1.807) is 0 Å². The summed E-state index contributed by atoms with van der Waals surface area (Å²) in [4.78, 5) is 0. The molecule has 0 saturated heterocycles. The molecular formula is C9H18. The molecule has 0 heterocycles. The smallest absolute Gasteiger partial charge is 0.0354 e. The average Bonchev–Trinajstić information content (AvgIpc) is 2.40. The van der Waals surface area contributed by atoms with Gasteiger partial charge in [-0.05, 0) is 30.1 Å². The van der Waals surface area contributed by atoms with E-state index in [0.717, 1.165) is 11.8 Å². The third-order valence-corrected chi connectivity index (χ3v) is 2.70. The van der Waals surface area contributed by atoms with Gasteiger partial charge in [0.05, 0.1) is 0 Å². The Labute approximate surface area is 58.7 Å². The lowest BCUT2D eigenvalue weighted by atomic mass is 9.79. The summed E-state index contributed by atoms with van der Waals surface area (Å²) in [5.41, 5.74) is 0.543. The standard InChI is InChI=1S/C9H18/c1-7(8-5-6-8)9(2,3)4/h7-8H,5-6H2,1-4H3. The molecular weight excluding hydrogens is 108 g/mol. The van der Waals surface area contributed by atoms with E-state index in [9.17, 15) is 0 Å². The molecule has 0 spiro atoms. The van der Waals surface area contributed by atoms with Gasteiger partial charge >= 0.3 is 0 Å². The fraction of sp³-hybridized carbons (Fsp3) is 1.00. The summed E-state index contributed by atoms with van der Waals surface area (Å²) >= 11 is 0. The second-order valence-corrected chi connectivity index (χ2v) is 4.49. The maximum absolute atomic E-state index is 2.39. The van der Waals surface area contributed by atoms with Gasteiger partial charge in [-0.25, -0.2) is 0 Å². The number of hydrogen-bond donors (Lipinski definition) is 0. The zero-order chi connectivity index (χ0) is 7.07. The quantitative estimate of drug-likeness (QED) is 0.506. The summed E-state index contributed by atoms with van der Waals surface area (Å²) in [6.07, 6.45) is 2.97. The molecule has 0 nitrogen and oxygen atoms in total. The minimum atomic E-state index is 0.543. The summed E-state index contributed by atoms with van der Waals surface area (Å²) in [6, 6.07) is 0. The number of rotatable bonds is 1. The molecule has 9 heavy (non-hydrogen) atoms. The minimum Gasteiger partial charge on any atom is -0.0617 e. The zero-order valence-electron chi connectivity index (χ0n) is 7.07. The van der Waals surface area contributed by atoms with Crippen molar-refractivity contribution in [3.63, 3.8) is 0 Å². The maximum atomic E-state index is 2.39. The molecule has 0 aliphatic heterocycles. The molecule has 0 N–H and O–H groups in total. The van der Waals surface area contributed by atoms with Crippen LogP contribution in [0.15, 0.2) is 0 Å². The average molecular weight is 126 g/mol. The molecule has 0 radical (unpaired) electrons. The van der Waals surface area contributed by atoms with Crippen LogP contribution in [0.1, 0.15) is 40.5 Å². The van der Waals surface area contributed by atoms with Crippen LogP contribution in [0.4, 0.5) is 0 Å². The molecule has 1 atom stereocenters. The number of hydrogen-bond acceptors (Lipinski definition) is 0. The normalized spacial score (nSPS) is 24.0. The Hall–Kier alpha value is 0. The van der Waals surface area contributed by atoms with Crippen LogP contribution in [0.2, 0.25) is 0 Å². The molecule has 0 amide bonds. The monoisotopic (exact) mass is 126 g/mol.